The number of nitrogens with zero attached hydrogens (tertiary/aromatic N) is 1. The van der Waals surface area contributed by atoms with Gasteiger partial charge in [-0.05, 0) is 110 Å². The number of nitrogens with one attached hydrogen (secondary N) is 1. The van der Waals surface area contributed by atoms with Crippen molar-refractivity contribution in [2.45, 2.75) is 93.9 Å². The Kier molecular flexibility index (Phi) is 4.47. The summed E-state index contributed by atoms with van der Waals surface area (Å²) >= 11 is 0. The van der Waals surface area contributed by atoms with Gasteiger partial charge in [-0.15, -0.1) is 0 Å². The van der Waals surface area contributed by atoms with Crippen LogP contribution in [-0.2, 0) is 9.47 Å². The van der Waals surface area contributed by atoms with Crippen LogP contribution in [0.15, 0.2) is 60.0 Å². The molecule has 188 valence electrons. The minimum Gasteiger partial charge on any atom is -0.377 e. The summed E-state index contributed by atoms with van der Waals surface area (Å²) in [5.41, 5.74) is 4.83. The van der Waals surface area contributed by atoms with Crippen LogP contribution in [0.25, 0.3) is 10.8 Å². The smallest absolute Gasteiger partial charge is 0.0974 e. The van der Waals surface area contributed by atoms with Gasteiger partial charge in [0.25, 0.3) is 0 Å². The van der Waals surface area contributed by atoms with E-state index in [-0.39, 0.29) is 22.2 Å². The van der Waals surface area contributed by atoms with Crippen molar-refractivity contribution in [1.29, 1.82) is 0 Å². The molecule has 6 atom stereocenters. The third kappa shape index (κ3) is 2.90. The number of pyridine rings is 1. The third-order valence-electron chi connectivity index (χ3n) is 11.1. The molecule has 1 aromatic heterocycles. The first kappa shape index (κ1) is 22.0. The highest BCUT2D eigenvalue weighted by molar-refractivity contribution is 5.82. The Balaban J connectivity index is 1.13. The van der Waals surface area contributed by atoms with Crippen LogP contribution < -0.4 is 5.32 Å². The molecule has 2 unspecified atom stereocenters. The molecule has 1 aromatic carbocycles. The SMILES string of the molecule is CC1(N[C@@H]2CCC3=CC4=CC[C@]5(C)C(c6ccc7ccncc7c6)CC[C@H]5C45CC[C@]3(C2)O5)COC1. The molecule has 4 nitrogen and oxygen atoms in total. The molecule has 4 heteroatoms. The zero-order valence-corrected chi connectivity index (χ0v) is 21.7. The zero-order valence-electron chi connectivity index (χ0n) is 21.7. The zero-order chi connectivity index (χ0) is 24.2. The summed E-state index contributed by atoms with van der Waals surface area (Å²) in [6.07, 6.45) is 18.6. The summed E-state index contributed by atoms with van der Waals surface area (Å²) in [6.45, 7) is 6.56. The largest absolute Gasteiger partial charge is 0.377 e. The molecule has 8 rings (SSSR count). The predicted molar refractivity (Wildman–Crippen MR) is 142 cm³/mol. The summed E-state index contributed by atoms with van der Waals surface area (Å²) in [5.74, 6) is 1.16. The van der Waals surface area contributed by atoms with Gasteiger partial charge in [0, 0.05) is 23.8 Å². The lowest BCUT2D eigenvalue weighted by Gasteiger charge is -2.55. The fourth-order valence-corrected chi connectivity index (χ4v) is 9.38. The molecule has 3 aliphatic carbocycles. The van der Waals surface area contributed by atoms with Crippen LogP contribution in [-0.4, -0.2) is 41.0 Å². The fourth-order valence-electron chi connectivity index (χ4n) is 9.38. The lowest BCUT2D eigenvalue weighted by molar-refractivity contribution is -0.140. The lowest BCUT2D eigenvalue weighted by atomic mass is 9.58. The Morgan fingerprint density at radius 3 is 2.81 bits per heavy atom. The number of benzene rings is 1. The van der Waals surface area contributed by atoms with Crippen molar-refractivity contribution in [3.8, 4) is 0 Å². The topological polar surface area (TPSA) is 43.4 Å². The summed E-state index contributed by atoms with van der Waals surface area (Å²) < 4.78 is 13.0. The van der Waals surface area contributed by atoms with Gasteiger partial charge in [-0.1, -0.05) is 31.2 Å². The Labute approximate surface area is 214 Å². The molecule has 0 amide bonds. The average molecular weight is 483 g/mol. The molecule has 6 aliphatic rings. The molecule has 2 saturated carbocycles. The number of hydrogen-bond acceptors (Lipinski definition) is 4. The highest BCUT2D eigenvalue weighted by Crippen LogP contribution is 2.69. The molecule has 2 aromatic rings. The molecule has 2 saturated heterocycles. The van der Waals surface area contributed by atoms with Crippen molar-refractivity contribution in [2.24, 2.45) is 11.3 Å². The Morgan fingerprint density at radius 2 is 1.94 bits per heavy atom. The van der Waals surface area contributed by atoms with E-state index in [0.29, 0.717) is 17.9 Å². The van der Waals surface area contributed by atoms with Gasteiger partial charge in [0.1, 0.15) is 0 Å². The molecule has 2 bridgehead atoms. The van der Waals surface area contributed by atoms with Crippen LogP contribution in [0.2, 0.25) is 0 Å². The molecular formula is C32H38N2O2. The minimum absolute atomic E-state index is 0.0564. The van der Waals surface area contributed by atoms with Crippen LogP contribution in [0.3, 0.4) is 0 Å². The number of allylic oxidation sites excluding steroid dienone is 1. The van der Waals surface area contributed by atoms with Crippen LogP contribution >= 0.6 is 0 Å². The van der Waals surface area contributed by atoms with E-state index in [1.54, 1.807) is 5.57 Å². The summed E-state index contributed by atoms with van der Waals surface area (Å²) in [5, 5.41) is 6.50. The Hall–Kier alpha value is -2.01. The summed E-state index contributed by atoms with van der Waals surface area (Å²) in [7, 11) is 0. The monoisotopic (exact) mass is 482 g/mol. The molecule has 0 radical (unpaired) electrons. The van der Waals surface area contributed by atoms with E-state index in [0.717, 1.165) is 32.5 Å². The second kappa shape index (κ2) is 7.30. The van der Waals surface area contributed by atoms with Gasteiger partial charge in [-0.3, -0.25) is 4.98 Å². The maximum Gasteiger partial charge on any atom is 0.0974 e. The van der Waals surface area contributed by atoms with Gasteiger partial charge in [0.15, 0.2) is 0 Å². The Bertz CT molecular complexity index is 1310. The van der Waals surface area contributed by atoms with Crippen molar-refractivity contribution < 1.29 is 9.47 Å². The first-order chi connectivity index (χ1) is 17.4. The highest BCUT2D eigenvalue weighted by Gasteiger charge is 2.66. The highest BCUT2D eigenvalue weighted by atomic mass is 16.5. The van der Waals surface area contributed by atoms with Crippen molar-refractivity contribution in [3.63, 3.8) is 0 Å². The maximum atomic E-state index is 7.49. The van der Waals surface area contributed by atoms with Crippen LogP contribution in [0.5, 0.6) is 0 Å². The number of fused-ring (bicyclic) bond motifs is 2. The third-order valence-corrected chi connectivity index (χ3v) is 11.1. The molecule has 1 N–H and O–H groups in total. The van der Waals surface area contributed by atoms with Crippen LogP contribution in [0.1, 0.15) is 76.7 Å². The van der Waals surface area contributed by atoms with E-state index in [4.69, 9.17) is 9.47 Å². The van der Waals surface area contributed by atoms with Gasteiger partial charge in [-0.2, -0.15) is 0 Å². The van der Waals surface area contributed by atoms with Crippen molar-refractivity contribution in [3.05, 3.63) is 65.5 Å². The average Bonchev–Trinajstić information content (AvgIpc) is 3.38. The first-order valence-electron chi connectivity index (χ1n) is 14.2. The number of ether oxygens (including phenoxy) is 2. The molecule has 3 aliphatic heterocycles. The maximum absolute atomic E-state index is 7.49. The van der Waals surface area contributed by atoms with Crippen LogP contribution in [0.4, 0.5) is 0 Å². The van der Waals surface area contributed by atoms with E-state index in [1.165, 1.54) is 54.0 Å². The molecule has 2 spiro atoms. The number of rotatable bonds is 3. The summed E-state index contributed by atoms with van der Waals surface area (Å²) in [6, 6.07) is 9.74. The second-order valence-electron chi connectivity index (χ2n) is 13.3. The number of hydrogen-bond donors (Lipinski definition) is 1. The van der Waals surface area contributed by atoms with E-state index in [1.807, 2.05) is 12.4 Å². The van der Waals surface area contributed by atoms with E-state index >= 15 is 0 Å². The quantitative estimate of drug-likeness (QED) is 0.564. The fraction of sp³-hybridized carbons (Fsp3) is 0.594. The van der Waals surface area contributed by atoms with Gasteiger partial charge < -0.3 is 14.8 Å². The van der Waals surface area contributed by atoms with Gasteiger partial charge >= 0.3 is 0 Å². The Morgan fingerprint density at radius 1 is 1.03 bits per heavy atom. The molecule has 4 fully saturated rings. The minimum atomic E-state index is -0.0883. The molecular weight excluding hydrogens is 444 g/mol. The van der Waals surface area contributed by atoms with E-state index < -0.39 is 0 Å². The summed E-state index contributed by atoms with van der Waals surface area (Å²) in [4.78, 5) is 4.39. The van der Waals surface area contributed by atoms with Crippen molar-refractivity contribution in [1.82, 2.24) is 10.3 Å². The van der Waals surface area contributed by atoms with E-state index in [9.17, 15) is 0 Å². The lowest BCUT2D eigenvalue weighted by Crippen LogP contribution is -2.63. The molecule has 36 heavy (non-hydrogen) atoms. The molecule has 4 heterocycles. The predicted octanol–water partition coefficient (Wildman–Crippen LogP) is 6.22. The standard InChI is InChI=1S/C32H38N2O2/c1-29(19-35-20-29)34-26-6-5-24-16-25-9-11-30(2)27(22-4-3-21-10-14-33-18-23(21)15-22)7-8-28(30)32(25)13-12-31(24,17-26)36-32/h3-4,9-10,14-16,18,26-28,34H,5-8,11-13,17,19-20H2,1-2H3/t26-,27?,28-,30-,31-,32?/m1/s1. The van der Waals surface area contributed by atoms with Crippen molar-refractivity contribution >= 4 is 10.8 Å². The van der Waals surface area contributed by atoms with Gasteiger partial charge in [0.05, 0.1) is 30.0 Å². The van der Waals surface area contributed by atoms with Crippen molar-refractivity contribution in [2.75, 3.05) is 13.2 Å². The number of aromatic nitrogens is 1. The second-order valence-corrected chi connectivity index (χ2v) is 13.3. The first-order valence-corrected chi connectivity index (χ1v) is 14.2. The van der Waals surface area contributed by atoms with Gasteiger partial charge in [0.2, 0.25) is 0 Å². The van der Waals surface area contributed by atoms with Crippen LogP contribution in [0, 0.1) is 11.3 Å². The van der Waals surface area contributed by atoms with E-state index in [2.05, 4.69) is 60.6 Å². The van der Waals surface area contributed by atoms with Gasteiger partial charge in [-0.25, -0.2) is 0 Å². The normalized spacial score (nSPS) is 42.1.